The highest BCUT2D eigenvalue weighted by molar-refractivity contribution is 7.20. The zero-order chi connectivity index (χ0) is 12.3. The van der Waals surface area contributed by atoms with Crippen LogP contribution in [-0.4, -0.2) is 16.5 Å². The summed E-state index contributed by atoms with van der Waals surface area (Å²) in [5.74, 6) is 0. The molecule has 1 unspecified atom stereocenters. The fourth-order valence-corrected chi connectivity index (χ4v) is 3.46. The molecule has 0 fully saturated rings. The lowest BCUT2D eigenvalue weighted by Crippen LogP contribution is -2.18. The maximum atomic E-state index is 4.61. The first kappa shape index (κ1) is 12.7. The molecule has 2 heterocycles. The summed E-state index contributed by atoms with van der Waals surface area (Å²) in [4.78, 5) is 10.2. The number of nitrogens with zero attached hydrogens (tertiary/aromatic N) is 2. The van der Waals surface area contributed by atoms with Crippen molar-refractivity contribution in [3.05, 3.63) is 22.1 Å². The minimum Gasteiger partial charge on any atom is -0.309 e. The van der Waals surface area contributed by atoms with Crippen molar-refractivity contribution in [3.8, 4) is 10.0 Å². The van der Waals surface area contributed by atoms with E-state index in [0.717, 1.165) is 28.7 Å². The van der Waals surface area contributed by atoms with Gasteiger partial charge in [0.2, 0.25) is 0 Å². The summed E-state index contributed by atoms with van der Waals surface area (Å²) in [5.41, 5.74) is 1.12. The van der Waals surface area contributed by atoms with Crippen LogP contribution in [0.2, 0.25) is 0 Å². The Hall–Kier alpha value is -0.780. The van der Waals surface area contributed by atoms with Crippen molar-refractivity contribution in [1.29, 1.82) is 0 Å². The molecule has 2 rings (SSSR count). The Morgan fingerprint density at radius 1 is 1.41 bits per heavy atom. The van der Waals surface area contributed by atoms with E-state index in [9.17, 15) is 0 Å². The van der Waals surface area contributed by atoms with Crippen LogP contribution in [0.4, 0.5) is 0 Å². The molecule has 5 heteroatoms. The number of hydrogen-bond acceptors (Lipinski definition) is 5. The SMILES string of the molecule is CCCNC(C)c1sc(-c2nccs2)nc1C. The van der Waals surface area contributed by atoms with Gasteiger partial charge in [-0.25, -0.2) is 9.97 Å². The number of rotatable bonds is 5. The molecule has 17 heavy (non-hydrogen) atoms. The van der Waals surface area contributed by atoms with Gasteiger partial charge < -0.3 is 5.32 Å². The van der Waals surface area contributed by atoms with Crippen molar-refractivity contribution in [2.75, 3.05) is 6.54 Å². The molecule has 2 aromatic heterocycles. The molecule has 0 saturated heterocycles. The van der Waals surface area contributed by atoms with Crippen LogP contribution in [0.25, 0.3) is 10.0 Å². The van der Waals surface area contributed by atoms with E-state index in [-0.39, 0.29) is 0 Å². The van der Waals surface area contributed by atoms with Crippen molar-refractivity contribution >= 4 is 22.7 Å². The van der Waals surface area contributed by atoms with Gasteiger partial charge in [-0.1, -0.05) is 6.92 Å². The maximum absolute atomic E-state index is 4.61. The predicted molar refractivity (Wildman–Crippen MR) is 74.7 cm³/mol. The molecule has 0 aliphatic rings. The van der Waals surface area contributed by atoms with E-state index in [1.165, 1.54) is 4.88 Å². The highest BCUT2D eigenvalue weighted by Gasteiger charge is 2.15. The van der Waals surface area contributed by atoms with Crippen LogP contribution in [0.1, 0.15) is 36.9 Å². The average molecular weight is 267 g/mol. The molecule has 0 spiro atoms. The summed E-state index contributed by atoms with van der Waals surface area (Å²) in [5, 5.41) is 7.55. The zero-order valence-electron chi connectivity index (χ0n) is 10.4. The van der Waals surface area contributed by atoms with Crippen molar-refractivity contribution in [2.45, 2.75) is 33.2 Å². The van der Waals surface area contributed by atoms with Crippen LogP contribution in [0, 0.1) is 6.92 Å². The molecule has 0 saturated carbocycles. The van der Waals surface area contributed by atoms with Gasteiger partial charge in [-0.15, -0.1) is 22.7 Å². The Kier molecular flexibility index (Phi) is 4.25. The molecular formula is C12H17N3S2. The van der Waals surface area contributed by atoms with Crippen LogP contribution < -0.4 is 5.32 Å². The third kappa shape index (κ3) is 2.91. The smallest absolute Gasteiger partial charge is 0.152 e. The molecule has 1 N–H and O–H groups in total. The van der Waals surface area contributed by atoms with E-state index in [0.29, 0.717) is 6.04 Å². The second-order valence-corrected chi connectivity index (χ2v) is 5.91. The molecule has 0 amide bonds. The van der Waals surface area contributed by atoms with E-state index in [1.807, 2.05) is 11.6 Å². The molecule has 3 nitrogen and oxygen atoms in total. The first-order chi connectivity index (χ1) is 8.22. The summed E-state index contributed by atoms with van der Waals surface area (Å²) >= 11 is 3.39. The molecule has 0 aliphatic heterocycles. The van der Waals surface area contributed by atoms with Gasteiger partial charge in [-0.2, -0.15) is 0 Å². The average Bonchev–Trinajstić information content (AvgIpc) is 2.94. The Balaban J connectivity index is 2.19. The first-order valence-electron chi connectivity index (χ1n) is 5.83. The minimum atomic E-state index is 0.376. The van der Waals surface area contributed by atoms with Crippen LogP contribution in [0.5, 0.6) is 0 Å². The number of aromatic nitrogens is 2. The van der Waals surface area contributed by atoms with Gasteiger partial charge in [0.25, 0.3) is 0 Å². The summed E-state index contributed by atoms with van der Waals surface area (Å²) in [7, 11) is 0. The molecule has 0 bridgehead atoms. The lowest BCUT2D eigenvalue weighted by Gasteiger charge is -2.11. The van der Waals surface area contributed by atoms with Crippen molar-refractivity contribution in [2.24, 2.45) is 0 Å². The topological polar surface area (TPSA) is 37.8 Å². The number of hydrogen-bond donors (Lipinski definition) is 1. The largest absolute Gasteiger partial charge is 0.309 e. The first-order valence-corrected chi connectivity index (χ1v) is 7.52. The third-order valence-corrected chi connectivity index (χ3v) is 4.80. The Labute approximate surface area is 110 Å². The van der Waals surface area contributed by atoms with Crippen molar-refractivity contribution in [1.82, 2.24) is 15.3 Å². The summed E-state index contributed by atoms with van der Waals surface area (Å²) in [6.45, 7) is 7.50. The fraction of sp³-hybridized carbons (Fsp3) is 0.500. The number of thiazole rings is 2. The molecule has 92 valence electrons. The monoisotopic (exact) mass is 267 g/mol. The molecule has 2 aromatic rings. The summed E-state index contributed by atoms with van der Waals surface area (Å²) in [6.07, 6.45) is 2.98. The van der Waals surface area contributed by atoms with E-state index in [2.05, 4.69) is 36.1 Å². The Morgan fingerprint density at radius 2 is 2.24 bits per heavy atom. The normalized spacial score (nSPS) is 12.9. The molecule has 0 aromatic carbocycles. The van der Waals surface area contributed by atoms with Gasteiger partial charge in [0.15, 0.2) is 10.0 Å². The van der Waals surface area contributed by atoms with E-state index in [1.54, 1.807) is 22.7 Å². The predicted octanol–water partition coefficient (Wildman–Crippen LogP) is 3.64. The lowest BCUT2D eigenvalue weighted by molar-refractivity contribution is 0.575. The minimum absolute atomic E-state index is 0.376. The molecule has 0 radical (unpaired) electrons. The number of aryl methyl sites for hydroxylation is 1. The second-order valence-electron chi connectivity index (χ2n) is 3.98. The van der Waals surface area contributed by atoms with Crippen LogP contribution in [-0.2, 0) is 0 Å². The van der Waals surface area contributed by atoms with E-state index >= 15 is 0 Å². The van der Waals surface area contributed by atoms with Crippen LogP contribution in [0.3, 0.4) is 0 Å². The van der Waals surface area contributed by atoms with Gasteiger partial charge in [0, 0.05) is 22.5 Å². The molecule has 1 atom stereocenters. The summed E-state index contributed by atoms with van der Waals surface area (Å²) < 4.78 is 0. The zero-order valence-corrected chi connectivity index (χ0v) is 12.0. The van der Waals surface area contributed by atoms with E-state index < -0.39 is 0 Å². The Morgan fingerprint density at radius 3 is 2.88 bits per heavy atom. The Bertz CT molecular complexity index is 462. The van der Waals surface area contributed by atoms with Crippen molar-refractivity contribution in [3.63, 3.8) is 0 Å². The van der Waals surface area contributed by atoms with Gasteiger partial charge in [0.1, 0.15) is 0 Å². The van der Waals surface area contributed by atoms with Gasteiger partial charge >= 0.3 is 0 Å². The molecular weight excluding hydrogens is 250 g/mol. The lowest BCUT2D eigenvalue weighted by atomic mass is 10.2. The van der Waals surface area contributed by atoms with Gasteiger partial charge in [0.05, 0.1) is 5.69 Å². The molecule has 0 aliphatic carbocycles. The summed E-state index contributed by atoms with van der Waals surface area (Å²) in [6, 6.07) is 0.376. The van der Waals surface area contributed by atoms with Crippen molar-refractivity contribution < 1.29 is 0 Å². The highest BCUT2D eigenvalue weighted by atomic mass is 32.1. The van der Waals surface area contributed by atoms with E-state index in [4.69, 9.17) is 0 Å². The van der Waals surface area contributed by atoms with Gasteiger partial charge in [-0.3, -0.25) is 0 Å². The fourth-order valence-electron chi connectivity index (χ4n) is 1.68. The second kappa shape index (κ2) is 5.71. The third-order valence-electron chi connectivity index (χ3n) is 2.54. The maximum Gasteiger partial charge on any atom is 0.152 e. The highest BCUT2D eigenvalue weighted by Crippen LogP contribution is 2.32. The number of nitrogens with one attached hydrogen (secondary N) is 1. The standard InChI is InChI=1S/C12H17N3S2/c1-4-5-13-8(2)10-9(3)15-12(17-10)11-14-6-7-16-11/h6-8,13H,4-5H2,1-3H3. The quantitative estimate of drug-likeness (QED) is 0.899. The van der Waals surface area contributed by atoms with Crippen LogP contribution >= 0.6 is 22.7 Å². The van der Waals surface area contributed by atoms with Crippen LogP contribution in [0.15, 0.2) is 11.6 Å². The van der Waals surface area contributed by atoms with Gasteiger partial charge in [-0.05, 0) is 26.8 Å².